The van der Waals surface area contributed by atoms with Crippen molar-refractivity contribution in [1.29, 1.82) is 0 Å². The first-order chi connectivity index (χ1) is 31.8. The number of halogens is 2. The molecule has 12 nitrogen and oxygen atoms in total. The molecule has 2 N–H and O–H groups in total. The van der Waals surface area contributed by atoms with Crippen molar-refractivity contribution in [3.63, 3.8) is 0 Å². The fourth-order valence-electron chi connectivity index (χ4n) is 7.14. The molecule has 0 fully saturated rings. The lowest BCUT2D eigenvalue weighted by molar-refractivity contribution is 0.0532. The van der Waals surface area contributed by atoms with E-state index in [4.69, 9.17) is 14.6 Å². The molecule has 1 unspecified atom stereocenters. The normalized spacial score (nSPS) is 11.4. The second-order valence-electron chi connectivity index (χ2n) is 15.5. The van der Waals surface area contributed by atoms with Crippen LogP contribution in [0.25, 0.3) is 21.1 Å². The van der Waals surface area contributed by atoms with Gasteiger partial charge in [0.15, 0.2) is 0 Å². The van der Waals surface area contributed by atoms with Gasteiger partial charge in [-0.05, 0) is 117 Å². The number of anilines is 2. The molecule has 7 rings (SSSR count). The van der Waals surface area contributed by atoms with Gasteiger partial charge in [0.05, 0.1) is 24.8 Å². The number of aliphatic hydroxyl groups excluding tert-OH is 2. The number of methoxy groups -OCH3 is 1. The maximum Gasteiger partial charge on any atom is 0.263 e. The molecule has 7 aromatic rings. The van der Waals surface area contributed by atoms with Crippen LogP contribution in [0.15, 0.2) is 103 Å². The monoisotopic (exact) mass is 934 g/mol. The molecule has 0 bridgehead atoms. The van der Waals surface area contributed by atoms with Gasteiger partial charge >= 0.3 is 0 Å². The summed E-state index contributed by atoms with van der Waals surface area (Å²) in [7, 11) is 1.65. The van der Waals surface area contributed by atoms with E-state index in [-0.39, 0.29) is 24.3 Å². The summed E-state index contributed by atoms with van der Waals surface area (Å²) in [6, 6.07) is 29.5. The molecule has 5 aromatic carbocycles. The number of unbranched alkanes of at least 4 members (excludes halogenated alkanes) is 1. The van der Waals surface area contributed by atoms with Crippen molar-refractivity contribution in [1.82, 2.24) is 20.4 Å². The van der Waals surface area contributed by atoms with E-state index in [2.05, 4.69) is 20.4 Å². The predicted molar refractivity (Wildman–Crippen MR) is 256 cm³/mol. The Morgan fingerprint density at radius 2 is 1.12 bits per heavy atom. The van der Waals surface area contributed by atoms with Crippen LogP contribution < -0.4 is 19.3 Å². The third-order valence-electron chi connectivity index (χ3n) is 10.4. The maximum absolute atomic E-state index is 14.4. The highest BCUT2D eigenvalue weighted by atomic mass is 32.1. The first-order valence-electron chi connectivity index (χ1n) is 21.4. The second kappa shape index (κ2) is 23.1. The van der Waals surface area contributed by atoms with Gasteiger partial charge in [-0.1, -0.05) is 90.6 Å². The molecule has 16 heteroatoms. The van der Waals surface area contributed by atoms with Gasteiger partial charge in [-0.3, -0.25) is 19.4 Å². The first-order valence-corrected chi connectivity index (χ1v) is 23.0. The Balaban J connectivity index is 0.000000218. The van der Waals surface area contributed by atoms with E-state index in [1.807, 2.05) is 89.2 Å². The number of carbonyl (C=O) groups excluding carboxylic acids is 2. The summed E-state index contributed by atoms with van der Waals surface area (Å²) in [6.07, 6.45) is 1.28. The molecule has 0 saturated heterocycles. The van der Waals surface area contributed by atoms with Crippen LogP contribution in [0.1, 0.15) is 68.3 Å². The van der Waals surface area contributed by atoms with Gasteiger partial charge in [0, 0.05) is 24.2 Å². The number of amides is 2. The standard InChI is InChI=1S/C26H24FN3O2S.C24H28FN3O4S/c1-17-15-20(16-18(2)23(17)32-3)24-28-29-26(33-24)30(14-13-19-9-5-4-6-10-19)25(31)21-11-7-8-12-22(21)27;1-4-5-10-28(23(31)19-8-6-7-9-20(19)25)24-27-26-22(33-24)17-11-15(2)21(16(3)12-17)32-14-18(30)13-29/h4-12,15-16H,13-14H2,1-3H3;6-9,11-12,18,29-30H,4-5,10,13-14H2,1-3H3. The third-order valence-corrected chi connectivity index (χ3v) is 12.4. The fraction of sp³-hybridized carbons (Fsp3) is 0.280. The molecule has 1 atom stereocenters. The van der Waals surface area contributed by atoms with Gasteiger partial charge in [-0.25, -0.2) is 8.78 Å². The Morgan fingerprint density at radius 1 is 0.667 bits per heavy atom. The van der Waals surface area contributed by atoms with Gasteiger partial charge < -0.3 is 19.7 Å². The summed E-state index contributed by atoms with van der Waals surface area (Å²) in [5.41, 5.74) is 6.49. The summed E-state index contributed by atoms with van der Waals surface area (Å²) in [5, 5.41) is 37.8. The first kappa shape index (κ1) is 49.0. The molecule has 0 aliphatic rings. The lowest BCUT2D eigenvalue weighted by Crippen LogP contribution is -2.33. The number of ether oxygens (including phenoxy) is 2. The van der Waals surface area contributed by atoms with E-state index in [1.165, 1.54) is 56.7 Å². The molecule has 344 valence electrons. The number of aromatic nitrogens is 4. The average Bonchev–Trinajstić information content (AvgIpc) is 4.01. The number of benzene rings is 5. The van der Waals surface area contributed by atoms with Crippen molar-refractivity contribution in [2.24, 2.45) is 0 Å². The molecule has 2 heterocycles. The molecule has 0 aliphatic heterocycles. The minimum atomic E-state index is -0.949. The van der Waals surface area contributed by atoms with Crippen molar-refractivity contribution in [3.05, 3.63) is 154 Å². The number of aryl methyl sites for hydroxylation is 4. The van der Waals surface area contributed by atoms with E-state index < -0.39 is 29.6 Å². The van der Waals surface area contributed by atoms with Crippen LogP contribution in [0.3, 0.4) is 0 Å². The smallest absolute Gasteiger partial charge is 0.263 e. The number of hydrogen-bond acceptors (Lipinski definition) is 12. The summed E-state index contributed by atoms with van der Waals surface area (Å²) < 4.78 is 39.8. The van der Waals surface area contributed by atoms with Gasteiger partial charge in [0.1, 0.15) is 45.9 Å². The van der Waals surface area contributed by atoms with E-state index in [1.54, 1.807) is 31.4 Å². The van der Waals surface area contributed by atoms with Crippen LogP contribution in [0.2, 0.25) is 0 Å². The number of nitrogens with zero attached hydrogens (tertiary/aromatic N) is 6. The highest BCUT2D eigenvalue weighted by Gasteiger charge is 2.26. The van der Waals surface area contributed by atoms with E-state index in [9.17, 15) is 23.5 Å². The van der Waals surface area contributed by atoms with Crippen LogP contribution >= 0.6 is 22.7 Å². The molecule has 2 amide bonds. The molecular formula is C50H52F2N6O6S2. The third kappa shape index (κ3) is 12.1. The highest BCUT2D eigenvalue weighted by Crippen LogP contribution is 2.36. The minimum Gasteiger partial charge on any atom is -0.496 e. The zero-order valence-corrected chi connectivity index (χ0v) is 39.3. The Labute approximate surface area is 391 Å². The Bertz CT molecular complexity index is 2700. The molecule has 66 heavy (non-hydrogen) atoms. The van der Waals surface area contributed by atoms with E-state index >= 15 is 0 Å². The van der Waals surface area contributed by atoms with Crippen LogP contribution in [0.5, 0.6) is 11.5 Å². The van der Waals surface area contributed by atoms with Gasteiger partial charge in [-0.15, -0.1) is 20.4 Å². The molecule has 0 radical (unpaired) electrons. The number of rotatable bonds is 17. The summed E-state index contributed by atoms with van der Waals surface area (Å²) >= 11 is 2.57. The lowest BCUT2D eigenvalue weighted by atomic mass is 10.1. The lowest BCUT2D eigenvalue weighted by Gasteiger charge is -2.20. The maximum atomic E-state index is 14.4. The average molecular weight is 935 g/mol. The molecule has 0 aliphatic carbocycles. The van der Waals surface area contributed by atoms with Crippen LogP contribution in [0, 0.1) is 39.3 Å². The van der Waals surface area contributed by atoms with Crippen molar-refractivity contribution in [2.45, 2.75) is 60.0 Å². The summed E-state index contributed by atoms with van der Waals surface area (Å²) in [4.78, 5) is 29.4. The zero-order valence-electron chi connectivity index (χ0n) is 37.6. The van der Waals surface area contributed by atoms with Crippen molar-refractivity contribution in [3.8, 4) is 32.6 Å². The van der Waals surface area contributed by atoms with Crippen molar-refractivity contribution < 1.29 is 38.1 Å². The van der Waals surface area contributed by atoms with Gasteiger partial charge in [0.2, 0.25) is 10.3 Å². The number of carbonyl (C=O) groups is 2. The molecular weight excluding hydrogens is 883 g/mol. The molecule has 0 spiro atoms. The van der Waals surface area contributed by atoms with Crippen molar-refractivity contribution in [2.75, 3.05) is 43.2 Å². The van der Waals surface area contributed by atoms with Crippen molar-refractivity contribution >= 4 is 44.8 Å². The van der Waals surface area contributed by atoms with Gasteiger partial charge in [-0.2, -0.15) is 0 Å². The second-order valence-corrected chi connectivity index (χ2v) is 17.4. The van der Waals surface area contributed by atoms with Crippen LogP contribution in [0.4, 0.5) is 19.0 Å². The topological polar surface area (TPSA) is 151 Å². The summed E-state index contributed by atoms with van der Waals surface area (Å²) in [6.45, 7) is 10.1. The van der Waals surface area contributed by atoms with Gasteiger partial charge in [0.25, 0.3) is 11.8 Å². The highest BCUT2D eigenvalue weighted by molar-refractivity contribution is 7.19. The predicted octanol–water partition coefficient (Wildman–Crippen LogP) is 10.00. The Kier molecular flexibility index (Phi) is 17.2. The number of hydrogen-bond donors (Lipinski definition) is 2. The van der Waals surface area contributed by atoms with E-state index in [0.717, 1.165) is 57.5 Å². The summed E-state index contributed by atoms with van der Waals surface area (Å²) in [5.74, 6) is -0.533. The number of aliphatic hydroxyl groups is 2. The van der Waals surface area contributed by atoms with E-state index in [0.29, 0.717) is 45.5 Å². The quantitative estimate of drug-likeness (QED) is 0.0903. The largest absolute Gasteiger partial charge is 0.496 e. The molecule has 0 saturated carbocycles. The Morgan fingerprint density at radius 3 is 1.58 bits per heavy atom. The molecule has 2 aromatic heterocycles. The van der Waals surface area contributed by atoms with Crippen LogP contribution in [-0.4, -0.2) is 81.9 Å². The minimum absolute atomic E-state index is 0.00334. The zero-order chi connectivity index (χ0) is 47.3. The Hall–Kier alpha value is -6.46. The SMILES string of the molecule is CCCCN(C(=O)c1ccccc1F)c1nnc(-c2cc(C)c(OCC(O)CO)c(C)c2)s1.COc1c(C)cc(-c2nnc(N(CCc3ccccc3)C(=O)c3ccccc3F)s2)cc1C. The fourth-order valence-corrected chi connectivity index (χ4v) is 8.85. The van der Waals surface area contributed by atoms with Crippen LogP contribution in [-0.2, 0) is 6.42 Å².